The Balaban J connectivity index is 2.10. The van der Waals surface area contributed by atoms with E-state index in [0.29, 0.717) is 10.4 Å². The summed E-state index contributed by atoms with van der Waals surface area (Å²) in [6.45, 7) is 2.93. The standard InChI is InChI=1S/C18H18F2N2O6S2/c1-18(2)10-29(24,25)22(17(18)23)14-4-5-15(28-3)16(9-14)30(26,27)21-13-7-11(19)6-12(20)8-13/h4-9,21H,10H2,1-3H3. The van der Waals surface area contributed by atoms with Crippen molar-refractivity contribution >= 4 is 37.3 Å². The Morgan fingerprint density at radius 1 is 1.10 bits per heavy atom. The van der Waals surface area contributed by atoms with Crippen molar-refractivity contribution in [3.63, 3.8) is 0 Å². The van der Waals surface area contributed by atoms with Crippen molar-refractivity contribution in [2.24, 2.45) is 5.41 Å². The quantitative estimate of drug-likeness (QED) is 0.734. The molecule has 3 rings (SSSR count). The molecule has 0 atom stereocenters. The van der Waals surface area contributed by atoms with Gasteiger partial charge >= 0.3 is 0 Å². The number of anilines is 2. The van der Waals surface area contributed by atoms with Crippen molar-refractivity contribution in [1.82, 2.24) is 0 Å². The number of carbonyl (C=O) groups is 1. The van der Waals surface area contributed by atoms with Crippen molar-refractivity contribution in [3.05, 3.63) is 48.0 Å². The first-order valence-corrected chi connectivity index (χ1v) is 11.6. The van der Waals surface area contributed by atoms with Gasteiger partial charge in [0, 0.05) is 6.07 Å². The summed E-state index contributed by atoms with van der Waals surface area (Å²) in [5.74, 6) is -3.30. The average Bonchev–Trinajstić information content (AvgIpc) is 2.75. The Kier molecular flexibility index (Phi) is 5.27. The van der Waals surface area contributed by atoms with Crippen LogP contribution in [-0.2, 0) is 24.8 Å². The maximum absolute atomic E-state index is 13.4. The number of benzene rings is 2. The molecule has 0 radical (unpaired) electrons. The van der Waals surface area contributed by atoms with Gasteiger partial charge in [0.25, 0.3) is 10.0 Å². The summed E-state index contributed by atoms with van der Waals surface area (Å²) in [5, 5.41) is 0. The summed E-state index contributed by atoms with van der Waals surface area (Å²) in [7, 11) is -7.30. The third kappa shape index (κ3) is 3.97. The van der Waals surface area contributed by atoms with Gasteiger partial charge in [0.05, 0.1) is 29.7 Å². The van der Waals surface area contributed by atoms with Gasteiger partial charge in [-0.2, -0.15) is 0 Å². The highest BCUT2D eigenvalue weighted by molar-refractivity contribution is 7.94. The van der Waals surface area contributed by atoms with Crippen LogP contribution in [0.25, 0.3) is 0 Å². The number of nitrogens with one attached hydrogen (secondary N) is 1. The number of hydrogen-bond acceptors (Lipinski definition) is 6. The van der Waals surface area contributed by atoms with Crippen LogP contribution in [0.15, 0.2) is 41.3 Å². The largest absolute Gasteiger partial charge is 0.495 e. The Bertz CT molecular complexity index is 1220. The average molecular weight is 460 g/mol. The Morgan fingerprint density at radius 2 is 1.70 bits per heavy atom. The molecule has 0 aromatic heterocycles. The molecule has 8 nitrogen and oxygen atoms in total. The van der Waals surface area contributed by atoms with Gasteiger partial charge in [-0.1, -0.05) is 0 Å². The fourth-order valence-corrected chi connectivity index (χ4v) is 6.42. The molecule has 0 spiro atoms. The van der Waals surface area contributed by atoms with Gasteiger partial charge in [-0.15, -0.1) is 0 Å². The molecule has 1 N–H and O–H groups in total. The zero-order chi connectivity index (χ0) is 22.5. The summed E-state index contributed by atoms with van der Waals surface area (Å²) in [6.07, 6.45) is 0. The number of hydrogen-bond donors (Lipinski definition) is 1. The zero-order valence-corrected chi connectivity index (χ0v) is 17.8. The molecule has 1 aliphatic rings. The number of rotatable bonds is 5. The van der Waals surface area contributed by atoms with Crippen molar-refractivity contribution in [3.8, 4) is 5.75 Å². The summed E-state index contributed by atoms with van der Waals surface area (Å²) in [5.41, 5.74) is -1.77. The molecule has 0 aliphatic carbocycles. The van der Waals surface area contributed by atoms with Gasteiger partial charge in [0.15, 0.2) is 0 Å². The van der Waals surface area contributed by atoms with E-state index in [9.17, 15) is 30.4 Å². The number of ether oxygens (including phenoxy) is 1. The van der Waals surface area contributed by atoms with E-state index in [1.807, 2.05) is 4.72 Å². The van der Waals surface area contributed by atoms with Crippen molar-refractivity contribution in [1.29, 1.82) is 0 Å². The van der Waals surface area contributed by atoms with Crippen LogP contribution in [0.1, 0.15) is 13.8 Å². The minimum absolute atomic E-state index is 0.161. The van der Waals surface area contributed by atoms with Gasteiger partial charge in [-0.25, -0.2) is 29.9 Å². The molecular formula is C18H18F2N2O6S2. The molecule has 30 heavy (non-hydrogen) atoms. The number of halogens is 2. The normalized spacial score (nSPS) is 17.8. The van der Waals surface area contributed by atoms with Gasteiger partial charge in [0.1, 0.15) is 22.3 Å². The lowest BCUT2D eigenvalue weighted by atomic mass is 9.95. The van der Waals surface area contributed by atoms with Crippen molar-refractivity contribution < 1.29 is 35.1 Å². The molecule has 0 bridgehead atoms. The monoisotopic (exact) mass is 460 g/mol. The Labute approximate surface area is 172 Å². The summed E-state index contributed by atoms with van der Waals surface area (Å²) >= 11 is 0. The highest BCUT2D eigenvalue weighted by Crippen LogP contribution is 2.38. The molecule has 0 unspecified atom stereocenters. The minimum Gasteiger partial charge on any atom is -0.495 e. The molecule has 12 heteroatoms. The van der Waals surface area contributed by atoms with Gasteiger partial charge in [-0.05, 0) is 44.2 Å². The van der Waals surface area contributed by atoms with Crippen LogP contribution in [0.3, 0.4) is 0 Å². The van der Waals surface area contributed by atoms with Crippen LogP contribution in [0, 0.1) is 17.0 Å². The lowest BCUT2D eigenvalue weighted by molar-refractivity contribution is -0.123. The second-order valence-corrected chi connectivity index (χ2v) is 10.8. The second kappa shape index (κ2) is 7.20. The third-order valence-corrected chi connectivity index (χ3v) is 7.79. The predicted molar refractivity (Wildman–Crippen MR) is 105 cm³/mol. The SMILES string of the molecule is COc1ccc(N2C(=O)C(C)(C)CS2(=O)=O)cc1S(=O)(=O)Nc1cc(F)cc(F)c1. The van der Waals surface area contributed by atoms with E-state index in [1.54, 1.807) is 0 Å². The number of methoxy groups -OCH3 is 1. The van der Waals surface area contributed by atoms with E-state index in [1.165, 1.54) is 33.1 Å². The van der Waals surface area contributed by atoms with E-state index >= 15 is 0 Å². The maximum atomic E-state index is 13.4. The number of amides is 1. The summed E-state index contributed by atoms with van der Waals surface area (Å²) in [6, 6.07) is 5.49. The fraction of sp³-hybridized carbons (Fsp3) is 0.278. The number of sulfonamides is 2. The van der Waals surface area contributed by atoms with Crippen LogP contribution >= 0.6 is 0 Å². The van der Waals surface area contributed by atoms with Crippen LogP contribution in [0.4, 0.5) is 20.2 Å². The molecule has 1 amide bonds. The molecule has 1 aliphatic heterocycles. The lowest BCUT2D eigenvalue weighted by Crippen LogP contribution is -2.33. The van der Waals surface area contributed by atoms with Crippen LogP contribution in [0.5, 0.6) is 5.75 Å². The second-order valence-electron chi connectivity index (χ2n) is 7.31. The summed E-state index contributed by atoms with van der Waals surface area (Å²) in [4.78, 5) is 12.1. The van der Waals surface area contributed by atoms with E-state index in [0.717, 1.165) is 18.2 Å². The van der Waals surface area contributed by atoms with Crippen molar-refractivity contribution in [2.45, 2.75) is 18.7 Å². The van der Waals surface area contributed by atoms with E-state index in [-0.39, 0.29) is 17.1 Å². The van der Waals surface area contributed by atoms with Gasteiger partial charge in [0.2, 0.25) is 15.9 Å². The molecule has 162 valence electrons. The zero-order valence-electron chi connectivity index (χ0n) is 16.1. The summed E-state index contributed by atoms with van der Waals surface area (Å²) < 4.78 is 85.1. The fourth-order valence-electron chi connectivity index (χ4n) is 3.09. The Hall–Kier alpha value is -2.73. The maximum Gasteiger partial charge on any atom is 0.265 e. The van der Waals surface area contributed by atoms with Crippen LogP contribution in [0.2, 0.25) is 0 Å². The topological polar surface area (TPSA) is 110 Å². The molecular weight excluding hydrogens is 442 g/mol. The van der Waals surface area contributed by atoms with Crippen LogP contribution < -0.4 is 13.8 Å². The lowest BCUT2D eigenvalue weighted by Gasteiger charge is -2.19. The van der Waals surface area contributed by atoms with E-state index < -0.39 is 53.7 Å². The molecule has 2 aromatic carbocycles. The molecule has 1 saturated heterocycles. The highest BCUT2D eigenvalue weighted by Gasteiger charge is 2.50. The van der Waals surface area contributed by atoms with Crippen LogP contribution in [-0.4, -0.2) is 35.6 Å². The smallest absolute Gasteiger partial charge is 0.265 e. The molecule has 0 saturated carbocycles. The predicted octanol–water partition coefficient (Wildman–Crippen LogP) is 2.48. The highest BCUT2D eigenvalue weighted by atomic mass is 32.2. The number of carbonyl (C=O) groups excluding carboxylic acids is 1. The first kappa shape index (κ1) is 22.0. The molecule has 1 heterocycles. The van der Waals surface area contributed by atoms with Gasteiger partial charge < -0.3 is 4.74 Å². The van der Waals surface area contributed by atoms with Gasteiger partial charge in [-0.3, -0.25) is 9.52 Å². The molecule has 1 fully saturated rings. The van der Waals surface area contributed by atoms with Crippen molar-refractivity contribution in [2.75, 3.05) is 21.9 Å². The number of nitrogens with zero attached hydrogens (tertiary/aromatic N) is 1. The first-order valence-electron chi connectivity index (χ1n) is 8.51. The third-order valence-electron chi connectivity index (χ3n) is 4.37. The van der Waals surface area contributed by atoms with E-state index in [2.05, 4.69) is 0 Å². The molecule has 2 aromatic rings. The van der Waals surface area contributed by atoms with E-state index in [4.69, 9.17) is 4.74 Å². The first-order chi connectivity index (χ1) is 13.8. The minimum atomic E-state index is -4.47. The Morgan fingerprint density at radius 3 is 2.20 bits per heavy atom.